The van der Waals surface area contributed by atoms with Gasteiger partial charge in [-0.1, -0.05) is 69.6 Å². The van der Waals surface area contributed by atoms with Crippen LogP contribution in [0.2, 0.25) is 0 Å². The molecule has 0 aromatic rings. The van der Waals surface area contributed by atoms with Crippen molar-refractivity contribution in [1.29, 1.82) is 0 Å². The van der Waals surface area contributed by atoms with Crippen LogP contribution in [-0.4, -0.2) is 108 Å². The predicted octanol–water partition coefficient (Wildman–Crippen LogP) is 5.38. The first-order valence-electron chi connectivity index (χ1n) is 20.3. The summed E-state index contributed by atoms with van der Waals surface area (Å²) in [5.41, 5.74) is 0.217. The summed E-state index contributed by atoms with van der Waals surface area (Å²) >= 11 is 0. The minimum absolute atomic E-state index is 0.00602. The lowest BCUT2D eigenvalue weighted by molar-refractivity contribution is -0.301. The van der Waals surface area contributed by atoms with Gasteiger partial charge in [0.25, 0.3) is 0 Å². The molecule has 54 heavy (non-hydrogen) atoms. The van der Waals surface area contributed by atoms with E-state index in [1.165, 1.54) is 19.3 Å². The van der Waals surface area contributed by atoms with Crippen molar-refractivity contribution < 1.29 is 53.3 Å². The molecule has 3 saturated heterocycles. The highest BCUT2D eigenvalue weighted by Crippen LogP contribution is 2.47. The number of rotatable bonds is 4. The average Bonchev–Trinajstić information content (AvgIpc) is 3.49. The Balaban J connectivity index is 1.24. The Morgan fingerprint density at radius 2 is 1.72 bits per heavy atom. The molecule has 0 aromatic heterocycles. The summed E-state index contributed by atoms with van der Waals surface area (Å²) in [5.74, 6) is -2.20. The molecule has 0 unspecified atom stereocenters. The fourth-order valence-corrected chi connectivity index (χ4v) is 9.99. The summed E-state index contributed by atoms with van der Waals surface area (Å²) < 4.78 is 44.8. The van der Waals surface area contributed by atoms with Crippen LogP contribution >= 0.6 is 0 Å². The number of aliphatic hydroxyl groups excluding tert-OH is 2. The Labute approximate surface area is 320 Å². The Morgan fingerprint density at radius 1 is 0.944 bits per heavy atom. The van der Waals surface area contributed by atoms with Crippen molar-refractivity contribution in [1.82, 2.24) is 0 Å². The van der Waals surface area contributed by atoms with Gasteiger partial charge in [0.2, 0.25) is 0 Å². The average molecular weight is 755 g/mol. The van der Waals surface area contributed by atoms with Gasteiger partial charge in [0.1, 0.15) is 35.9 Å². The molecule has 4 fully saturated rings. The molecule has 11 heteroatoms. The Hall–Kier alpha value is -2.19. The summed E-state index contributed by atoms with van der Waals surface area (Å²) in [6, 6.07) is 0. The van der Waals surface area contributed by atoms with Crippen molar-refractivity contribution in [2.45, 2.75) is 165 Å². The SMILES string of the molecule is CO[C@H]1C[C@H](O[C@@H]2/C(C)=C\C[C@@H]3C[C@@H](C[C@]4(C=C[C@H](C)[C@@H](C5CCCCC5)O4)O3)OC(=O)[C@@H]3C=C(C)[C@@H](O)[C@H]4OC/C(=C/C=C\[C@@H]2C)[C@]43O)O[C@@H](C)[C@@H]1O. The molecule has 5 aliphatic heterocycles. The lowest BCUT2D eigenvalue weighted by atomic mass is 9.71. The molecule has 7 rings (SSSR count). The van der Waals surface area contributed by atoms with Gasteiger partial charge >= 0.3 is 5.97 Å². The van der Waals surface area contributed by atoms with Gasteiger partial charge in [-0.05, 0) is 68.7 Å². The van der Waals surface area contributed by atoms with Crippen LogP contribution in [0.4, 0.5) is 0 Å². The minimum atomic E-state index is -1.81. The highest BCUT2D eigenvalue weighted by atomic mass is 16.7. The van der Waals surface area contributed by atoms with E-state index in [0.717, 1.165) is 18.4 Å². The molecule has 1 saturated carbocycles. The largest absolute Gasteiger partial charge is 0.462 e. The van der Waals surface area contributed by atoms with Crippen molar-refractivity contribution in [2.24, 2.45) is 23.7 Å². The van der Waals surface area contributed by atoms with E-state index in [9.17, 15) is 20.1 Å². The number of ether oxygens (including phenoxy) is 7. The molecule has 7 aliphatic rings. The third-order valence-corrected chi connectivity index (χ3v) is 13.2. The number of esters is 1. The number of fused-ring (bicyclic) bond motifs is 2. The lowest BCUT2D eigenvalue weighted by Crippen LogP contribution is -2.58. The third-order valence-electron chi connectivity index (χ3n) is 13.2. The predicted molar refractivity (Wildman–Crippen MR) is 200 cm³/mol. The molecule has 11 nitrogen and oxygen atoms in total. The number of carbonyl (C=O) groups is 1. The van der Waals surface area contributed by atoms with E-state index in [4.69, 9.17) is 33.2 Å². The van der Waals surface area contributed by atoms with Crippen LogP contribution in [0, 0.1) is 23.7 Å². The summed E-state index contributed by atoms with van der Waals surface area (Å²) in [7, 11) is 1.59. The van der Waals surface area contributed by atoms with Gasteiger partial charge in [-0.15, -0.1) is 0 Å². The van der Waals surface area contributed by atoms with Crippen molar-refractivity contribution >= 4 is 5.97 Å². The van der Waals surface area contributed by atoms with Crippen LogP contribution in [0.3, 0.4) is 0 Å². The normalized spacial score (nSPS) is 48.9. The molecule has 5 heterocycles. The van der Waals surface area contributed by atoms with Crippen LogP contribution in [0.25, 0.3) is 0 Å². The number of carbonyl (C=O) groups excluding carboxylic acids is 1. The van der Waals surface area contributed by atoms with Crippen LogP contribution in [0.1, 0.15) is 92.4 Å². The van der Waals surface area contributed by atoms with Crippen molar-refractivity contribution in [3.05, 3.63) is 59.3 Å². The monoisotopic (exact) mass is 754 g/mol. The first-order valence-corrected chi connectivity index (χ1v) is 20.3. The molecule has 2 aliphatic carbocycles. The lowest BCUT2D eigenvalue weighted by Gasteiger charge is -2.49. The maximum Gasteiger partial charge on any atom is 0.316 e. The fraction of sp³-hybridized carbons (Fsp3) is 0.744. The van der Waals surface area contributed by atoms with Gasteiger partial charge in [-0.3, -0.25) is 4.79 Å². The number of aliphatic hydroxyl groups is 3. The Bertz CT molecular complexity index is 1510. The second-order valence-electron chi connectivity index (χ2n) is 17.1. The minimum Gasteiger partial charge on any atom is -0.462 e. The van der Waals surface area contributed by atoms with Gasteiger partial charge in [-0.2, -0.15) is 0 Å². The molecular formula is C43H62O11. The van der Waals surface area contributed by atoms with Crippen LogP contribution < -0.4 is 0 Å². The first-order chi connectivity index (χ1) is 25.8. The molecule has 0 radical (unpaired) electrons. The van der Waals surface area contributed by atoms with Crippen molar-refractivity contribution in [3.63, 3.8) is 0 Å². The second kappa shape index (κ2) is 16.3. The first kappa shape index (κ1) is 40.0. The summed E-state index contributed by atoms with van der Waals surface area (Å²) in [6.45, 7) is 9.92. The third kappa shape index (κ3) is 7.87. The Morgan fingerprint density at radius 3 is 2.48 bits per heavy atom. The van der Waals surface area contributed by atoms with E-state index in [0.29, 0.717) is 42.7 Å². The van der Waals surface area contributed by atoms with Gasteiger partial charge in [0, 0.05) is 38.2 Å². The van der Waals surface area contributed by atoms with Gasteiger partial charge in [0.05, 0.1) is 37.1 Å². The smallest absolute Gasteiger partial charge is 0.316 e. The van der Waals surface area contributed by atoms with Gasteiger partial charge in [-0.25, -0.2) is 0 Å². The number of allylic oxidation sites excluding steroid dienone is 2. The maximum atomic E-state index is 14.3. The van der Waals surface area contributed by atoms with Crippen molar-refractivity contribution in [2.75, 3.05) is 13.7 Å². The zero-order chi connectivity index (χ0) is 38.4. The van der Waals surface area contributed by atoms with E-state index in [2.05, 4.69) is 26.0 Å². The second-order valence-corrected chi connectivity index (χ2v) is 17.1. The molecule has 0 aromatic carbocycles. The summed E-state index contributed by atoms with van der Waals surface area (Å²) in [5, 5.41) is 34.2. The topological polar surface area (TPSA) is 142 Å². The van der Waals surface area contributed by atoms with Crippen molar-refractivity contribution in [3.8, 4) is 0 Å². The van der Waals surface area contributed by atoms with E-state index >= 15 is 0 Å². The molecule has 300 valence electrons. The zero-order valence-electron chi connectivity index (χ0n) is 32.8. The molecule has 15 atom stereocenters. The number of hydrogen-bond acceptors (Lipinski definition) is 11. The standard InChI is InChI=1S/C43H62O11/c1-24-11-10-14-30-23-49-40-36(44)27(4)19-33(43(30,40)47)41(46)51-32-20-31(16-15-25(2)38(24)52-35-21-34(48-6)37(45)28(5)50-35)53-42(22-32)18-17-26(3)39(54-42)29-12-8-7-9-13-29/h10-11,14-15,17-19,24,26,28-29,31-40,44-45,47H,7-9,12-13,16,20-23H2,1-6H3/b11-10-,25-15-,30-14-/t24-,26-,28-,31+,32-,33-,34-,35-,36+,37-,38-,39-,40+,42+,43+/m0/s1. The van der Waals surface area contributed by atoms with Gasteiger partial charge in [0.15, 0.2) is 12.1 Å². The van der Waals surface area contributed by atoms with Gasteiger partial charge < -0.3 is 48.5 Å². The van der Waals surface area contributed by atoms with E-state index in [1.54, 1.807) is 26.2 Å². The van der Waals surface area contributed by atoms with E-state index in [1.807, 2.05) is 32.1 Å². The highest BCUT2D eigenvalue weighted by molar-refractivity contribution is 5.78. The molecule has 3 N–H and O–H groups in total. The zero-order valence-corrected chi connectivity index (χ0v) is 32.8. The quantitative estimate of drug-likeness (QED) is 0.252. The molecule has 0 amide bonds. The fourth-order valence-electron chi connectivity index (χ4n) is 9.99. The molecule has 1 spiro atoms. The van der Waals surface area contributed by atoms with Crippen LogP contribution in [-0.2, 0) is 38.0 Å². The Kier molecular flexibility index (Phi) is 12.1. The highest BCUT2D eigenvalue weighted by Gasteiger charge is 2.60. The van der Waals surface area contributed by atoms with E-state index in [-0.39, 0.29) is 30.7 Å². The summed E-state index contributed by atoms with van der Waals surface area (Å²) in [4.78, 5) is 14.3. The van der Waals surface area contributed by atoms with E-state index < -0.39 is 72.3 Å². The van der Waals surface area contributed by atoms with Crippen LogP contribution in [0.5, 0.6) is 0 Å². The summed E-state index contributed by atoms with van der Waals surface area (Å²) in [6.07, 6.45) is 15.5. The number of methoxy groups -OCH3 is 1. The maximum absolute atomic E-state index is 14.3. The molecular weight excluding hydrogens is 692 g/mol. The molecule has 2 bridgehead atoms. The van der Waals surface area contributed by atoms with Crippen LogP contribution in [0.15, 0.2) is 59.3 Å². The number of hydrogen-bond donors (Lipinski definition) is 3.